The molecule has 0 aromatic heterocycles. The Bertz CT molecular complexity index is 1080. The van der Waals surface area contributed by atoms with Gasteiger partial charge in [0.25, 0.3) is 5.91 Å². The van der Waals surface area contributed by atoms with E-state index in [0.29, 0.717) is 10.8 Å². The lowest BCUT2D eigenvalue weighted by Crippen LogP contribution is -2.55. The molecule has 6 nitrogen and oxygen atoms in total. The second-order valence-electron chi connectivity index (χ2n) is 8.48. The summed E-state index contributed by atoms with van der Waals surface area (Å²) in [6, 6.07) is 13.9. The van der Waals surface area contributed by atoms with Gasteiger partial charge >= 0.3 is 0 Å². The van der Waals surface area contributed by atoms with E-state index in [-0.39, 0.29) is 5.91 Å². The number of aryl methyl sites for hydroxylation is 1. The number of nitrogens with one attached hydrogen (secondary N) is 1. The van der Waals surface area contributed by atoms with Crippen LogP contribution in [0.5, 0.6) is 0 Å². The van der Waals surface area contributed by atoms with Crippen molar-refractivity contribution in [2.45, 2.75) is 31.7 Å². The average molecular weight is 432 g/mol. The Balaban J connectivity index is 1.48. The summed E-state index contributed by atoms with van der Waals surface area (Å²) in [6.45, 7) is 13.2. The molecular formula is C24H25N5OS. The maximum absolute atomic E-state index is 13.6. The first-order chi connectivity index (χ1) is 15.0. The molecule has 2 aromatic carbocycles. The van der Waals surface area contributed by atoms with E-state index in [1.54, 1.807) is 11.0 Å². The Morgan fingerprint density at radius 2 is 1.68 bits per heavy atom. The second kappa shape index (κ2) is 7.63. The molecule has 2 heterocycles. The molecule has 2 aromatic rings. The molecule has 1 N–H and O–H groups in total. The summed E-state index contributed by atoms with van der Waals surface area (Å²) in [5, 5.41) is 3.91. The number of carbonyl (C=O) groups excluding carboxylic acids is 1. The Labute approximate surface area is 188 Å². The number of anilines is 3. The number of hydrogen-bond donors (Lipinski definition) is 1. The van der Waals surface area contributed by atoms with E-state index in [2.05, 4.69) is 44.2 Å². The fourth-order valence-corrected chi connectivity index (χ4v) is 5.32. The van der Waals surface area contributed by atoms with Crippen molar-refractivity contribution < 1.29 is 4.79 Å². The van der Waals surface area contributed by atoms with E-state index < -0.39 is 5.54 Å². The van der Waals surface area contributed by atoms with Gasteiger partial charge in [0.15, 0.2) is 10.8 Å². The molecule has 3 aliphatic rings. The zero-order valence-electron chi connectivity index (χ0n) is 17.6. The maximum atomic E-state index is 13.6. The SMILES string of the molecule is [C-]#[N+]c1ccc(N2C(=O)C3(CCC3)N(c3ccc(N4CCNCC4)cc3)C2=S)cc1C. The third-order valence-electron chi connectivity index (χ3n) is 6.74. The number of carbonyl (C=O) groups is 1. The summed E-state index contributed by atoms with van der Waals surface area (Å²) < 4.78 is 0. The molecule has 0 unspecified atom stereocenters. The number of nitrogens with zero attached hydrogens (tertiary/aromatic N) is 4. The predicted molar refractivity (Wildman–Crippen MR) is 128 cm³/mol. The Morgan fingerprint density at radius 3 is 2.26 bits per heavy atom. The van der Waals surface area contributed by atoms with Crippen molar-refractivity contribution in [1.29, 1.82) is 0 Å². The molecule has 0 atom stereocenters. The van der Waals surface area contributed by atoms with Gasteiger partial charge in [0.2, 0.25) is 0 Å². The van der Waals surface area contributed by atoms with E-state index in [1.807, 2.05) is 19.1 Å². The third kappa shape index (κ3) is 3.10. The van der Waals surface area contributed by atoms with Gasteiger partial charge in [-0.05, 0) is 80.4 Å². The van der Waals surface area contributed by atoms with Gasteiger partial charge in [-0.3, -0.25) is 9.69 Å². The number of rotatable bonds is 3. The van der Waals surface area contributed by atoms with E-state index in [9.17, 15) is 4.79 Å². The topological polar surface area (TPSA) is 43.2 Å². The molecule has 3 fully saturated rings. The van der Waals surface area contributed by atoms with Crippen LogP contribution in [0.3, 0.4) is 0 Å². The minimum Gasteiger partial charge on any atom is -0.369 e. The van der Waals surface area contributed by atoms with Crippen LogP contribution < -0.4 is 20.0 Å². The summed E-state index contributed by atoms with van der Waals surface area (Å²) in [6.07, 6.45) is 2.63. The van der Waals surface area contributed by atoms with E-state index in [1.165, 1.54) is 5.69 Å². The molecule has 1 aliphatic carbocycles. The van der Waals surface area contributed by atoms with Crippen LogP contribution in [0.25, 0.3) is 4.85 Å². The molecule has 0 bridgehead atoms. The highest BCUT2D eigenvalue weighted by molar-refractivity contribution is 7.81. The number of benzene rings is 2. The van der Waals surface area contributed by atoms with Crippen LogP contribution in [-0.4, -0.2) is 42.7 Å². The molecule has 1 amide bonds. The molecular weight excluding hydrogens is 406 g/mol. The van der Waals surface area contributed by atoms with Crippen LogP contribution >= 0.6 is 12.2 Å². The number of piperazine rings is 1. The summed E-state index contributed by atoms with van der Waals surface area (Å²) in [4.78, 5) is 23.2. The van der Waals surface area contributed by atoms with Gasteiger partial charge in [0.05, 0.1) is 6.57 Å². The first-order valence-electron chi connectivity index (χ1n) is 10.8. The molecule has 31 heavy (non-hydrogen) atoms. The second-order valence-corrected chi connectivity index (χ2v) is 8.84. The largest absolute Gasteiger partial charge is 0.369 e. The van der Waals surface area contributed by atoms with Crippen molar-refractivity contribution in [2.75, 3.05) is 40.9 Å². The highest BCUT2D eigenvalue weighted by Gasteiger charge is 2.59. The molecule has 1 saturated carbocycles. The van der Waals surface area contributed by atoms with Crippen LogP contribution in [0.15, 0.2) is 42.5 Å². The monoisotopic (exact) mass is 431 g/mol. The fourth-order valence-electron chi connectivity index (χ4n) is 4.85. The average Bonchev–Trinajstić information content (AvgIpc) is 3.01. The summed E-state index contributed by atoms with van der Waals surface area (Å²) in [5.41, 5.74) is 3.77. The lowest BCUT2D eigenvalue weighted by molar-refractivity contribution is -0.123. The smallest absolute Gasteiger partial charge is 0.259 e. The summed E-state index contributed by atoms with van der Waals surface area (Å²) in [7, 11) is 0. The summed E-state index contributed by atoms with van der Waals surface area (Å²) in [5.74, 6) is 0.0462. The van der Waals surface area contributed by atoms with Gasteiger partial charge in [0, 0.05) is 43.2 Å². The lowest BCUT2D eigenvalue weighted by Gasteiger charge is -2.43. The molecule has 7 heteroatoms. The van der Waals surface area contributed by atoms with Crippen molar-refractivity contribution in [2.24, 2.45) is 0 Å². The predicted octanol–water partition coefficient (Wildman–Crippen LogP) is 4.02. The summed E-state index contributed by atoms with van der Waals surface area (Å²) >= 11 is 5.87. The fraction of sp³-hybridized carbons (Fsp3) is 0.375. The highest BCUT2D eigenvalue weighted by atomic mass is 32.1. The molecule has 158 valence electrons. The van der Waals surface area contributed by atoms with Gasteiger partial charge in [-0.1, -0.05) is 6.07 Å². The van der Waals surface area contributed by atoms with E-state index in [0.717, 1.165) is 62.4 Å². The van der Waals surface area contributed by atoms with Gasteiger partial charge in [-0.2, -0.15) is 0 Å². The van der Waals surface area contributed by atoms with Crippen molar-refractivity contribution in [3.05, 3.63) is 59.4 Å². The van der Waals surface area contributed by atoms with Crippen LogP contribution in [0.4, 0.5) is 22.7 Å². The van der Waals surface area contributed by atoms with Crippen LogP contribution in [-0.2, 0) is 4.79 Å². The van der Waals surface area contributed by atoms with Gasteiger partial charge in [0.1, 0.15) is 5.54 Å². The number of hydrogen-bond acceptors (Lipinski definition) is 4. The van der Waals surface area contributed by atoms with E-state index >= 15 is 0 Å². The Kier molecular flexibility index (Phi) is 4.92. The minimum absolute atomic E-state index is 0.0462. The van der Waals surface area contributed by atoms with Crippen molar-refractivity contribution >= 4 is 46.0 Å². The van der Waals surface area contributed by atoms with Crippen molar-refractivity contribution in [1.82, 2.24) is 5.32 Å². The highest BCUT2D eigenvalue weighted by Crippen LogP contribution is 2.48. The minimum atomic E-state index is -0.583. The maximum Gasteiger partial charge on any atom is 0.259 e. The first-order valence-corrected chi connectivity index (χ1v) is 11.2. The number of amides is 1. The molecule has 2 aliphatic heterocycles. The third-order valence-corrected chi connectivity index (χ3v) is 7.11. The molecule has 5 rings (SSSR count). The van der Waals surface area contributed by atoms with Crippen LogP contribution in [0.1, 0.15) is 24.8 Å². The quantitative estimate of drug-likeness (QED) is 0.588. The number of thiocarbonyl (C=S) groups is 1. The first kappa shape index (κ1) is 20.0. The molecule has 1 spiro atoms. The van der Waals surface area contributed by atoms with Crippen molar-refractivity contribution in [3.63, 3.8) is 0 Å². The standard InChI is InChI=1S/C24H25N5OS/c1-17-16-20(8-9-21(17)25-2)28-22(30)24(10-3-11-24)29(23(28)31)19-6-4-18(5-7-19)27-14-12-26-13-15-27/h4-9,16,26H,3,10-15H2,1H3. The van der Waals surface area contributed by atoms with Gasteiger partial charge in [-0.15, -0.1) is 0 Å². The van der Waals surface area contributed by atoms with Gasteiger partial charge < -0.3 is 15.1 Å². The zero-order valence-corrected chi connectivity index (χ0v) is 18.4. The van der Waals surface area contributed by atoms with Crippen LogP contribution in [0.2, 0.25) is 0 Å². The molecule has 2 saturated heterocycles. The normalized spacial score (nSPS) is 20.2. The lowest BCUT2D eigenvalue weighted by atomic mass is 9.75. The van der Waals surface area contributed by atoms with Crippen molar-refractivity contribution in [3.8, 4) is 0 Å². The Morgan fingerprint density at radius 1 is 1.03 bits per heavy atom. The molecule has 0 radical (unpaired) electrons. The van der Waals surface area contributed by atoms with E-state index in [4.69, 9.17) is 18.8 Å². The van der Waals surface area contributed by atoms with Crippen LogP contribution in [0, 0.1) is 13.5 Å². The Hall–Kier alpha value is -2.95. The van der Waals surface area contributed by atoms with Gasteiger partial charge in [-0.25, -0.2) is 4.85 Å². The zero-order chi connectivity index (χ0) is 21.6.